The first-order chi connectivity index (χ1) is 8.36. The van der Waals surface area contributed by atoms with Gasteiger partial charge in [-0.2, -0.15) is 0 Å². The van der Waals surface area contributed by atoms with Gasteiger partial charge in [-0.15, -0.1) is 0 Å². The summed E-state index contributed by atoms with van der Waals surface area (Å²) < 4.78 is 5.29. The van der Waals surface area contributed by atoms with E-state index in [-0.39, 0.29) is 5.91 Å². The predicted octanol–water partition coefficient (Wildman–Crippen LogP) is 1.02. The molecule has 0 unspecified atom stereocenters. The minimum absolute atomic E-state index is 0.148. The lowest BCUT2D eigenvalue weighted by molar-refractivity contribution is 0.0636. The summed E-state index contributed by atoms with van der Waals surface area (Å²) in [5.74, 6) is 0.524. The van der Waals surface area contributed by atoms with Crippen molar-refractivity contribution < 1.29 is 9.53 Å². The van der Waals surface area contributed by atoms with Crippen LogP contribution in [0.1, 0.15) is 29.8 Å². The number of amides is 1. The molecule has 1 N–H and O–H groups in total. The van der Waals surface area contributed by atoms with Crippen LogP contribution in [0, 0.1) is 5.92 Å². The van der Waals surface area contributed by atoms with Gasteiger partial charge < -0.3 is 10.1 Å². The van der Waals surface area contributed by atoms with Crippen LogP contribution in [0.15, 0.2) is 18.6 Å². The number of nitrogens with one attached hydrogen (secondary N) is 1. The molecule has 1 amide bonds. The van der Waals surface area contributed by atoms with Gasteiger partial charge >= 0.3 is 0 Å². The lowest BCUT2D eigenvalue weighted by Gasteiger charge is -2.21. The van der Waals surface area contributed by atoms with Crippen LogP contribution in [0.2, 0.25) is 0 Å². The Morgan fingerprint density at radius 2 is 2.24 bits per heavy atom. The van der Waals surface area contributed by atoms with Gasteiger partial charge in [0.25, 0.3) is 5.91 Å². The van der Waals surface area contributed by atoms with E-state index in [2.05, 4.69) is 15.3 Å². The zero-order valence-electron chi connectivity index (χ0n) is 9.76. The number of ether oxygens (including phenoxy) is 1. The Kier molecular flexibility index (Phi) is 4.44. The molecule has 0 saturated carbocycles. The van der Waals surface area contributed by atoms with Crippen LogP contribution in [0.3, 0.4) is 0 Å². The van der Waals surface area contributed by atoms with Crippen molar-refractivity contribution in [2.45, 2.75) is 19.3 Å². The Bertz CT molecular complexity index is 350. The summed E-state index contributed by atoms with van der Waals surface area (Å²) in [6.07, 6.45) is 7.76. The molecule has 0 atom stereocenters. The van der Waals surface area contributed by atoms with Crippen molar-refractivity contribution in [2.75, 3.05) is 19.8 Å². The Labute approximate surface area is 101 Å². The van der Waals surface area contributed by atoms with E-state index >= 15 is 0 Å². The maximum Gasteiger partial charge on any atom is 0.271 e. The molecular formula is C12H17N3O2. The third kappa shape index (κ3) is 3.78. The van der Waals surface area contributed by atoms with Crippen LogP contribution in [0.25, 0.3) is 0 Å². The van der Waals surface area contributed by atoms with Crippen LogP contribution in [-0.4, -0.2) is 35.6 Å². The fourth-order valence-electron chi connectivity index (χ4n) is 1.93. The van der Waals surface area contributed by atoms with Crippen molar-refractivity contribution in [3.8, 4) is 0 Å². The molecular weight excluding hydrogens is 218 g/mol. The molecule has 5 nitrogen and oxygen atoms in total. The quantitative estimate of drug-likeness (QED) is 0.846. The first-order valence-corrected chi connectivity index (χ1v) is 5.98. The van der Waals surface area contributed by atoms with E-state index in [9.17, 15) is 4.79 Å². The van der Waals surface area contributed by atoms with Gasteiger partial charge in [-0.1, -0.05) is 0 Å². The van der Waals surface area contributed by atoms with E-state index < -0.39 is 0 Å². The van der Waals surface area contributed by atoms with Gasteiger partial charge in [-0.05, 0) is 25.2 Å². The normalized spacial score (nSPS) is 16.7. The van der Waals surface area contributed by atoms with E-state index in [0.717, 1.165) is 32.5 Å². The summed E-state index contributed by atoms with van der Waals surface area (Å²) in [5, 5.41) is 2.86. The lowest BCUT2D eigenvalue weighted by atomic mass is 9.97. The summed E-state index contributed by atoms with van der Waals surface area (Å²) in [5.41, 5.74) is 0.375. The minimum Gasteiger partial charge on any atom is -0.381 e. The minimum atomic E-state index is -0.148. The third-order valence-corrected chi connectivity index (χ3v) is 2.97. The van der Waals surface area contributed by atoms with Gasteiger partial charge in [-0.25, -0.2) is 4.98 Å². The molecule has 92 valence electrons. The van der Waals surface area contributed by atoms with Crippen molar-refractivity contribution in [2.24, 2.45) is 5.92 Å². The Morgan fingerprint density at radius 1 is 1.41 bits per heavy atom. The highest BCUT2D eigenvalue weighted by molar-refractivity contribution is 5.91. The van der Waals surface area contributed by atoms with Gasteiger partial charge in [0.1, 0.15) is 5.69 Å². The summed E-state index contributed by atoms with van der Waals surface area (Å²) in [4.78, 5) is 19.5. The fraction of sp³-hybridized carbons (Fsp3) is 0.583. The lowest BCUT2D eigenvalue weighted by Crippen LogP contribution is -2.28. The molecule has 0 bridgehead atoms. The SMILES string of the molecule is O=C(NCCC1CCOCC1)c1cnccn1. The van der Waals surface area contributed by atoms with E-state index in [4.69, 9.17) is 4.74 Å². The largest absolute Gasteiger partial charge is 0.381 e. The molecule has 1 aliphatic rings. The standard InChI is InChI=1S/C12H17N3O2/c16-12(11-9-13-5-6-14-11)15-4-1-10-2-7-17-8-3-10/h5-6,9-10H,1-4,7-8H2,(H,15,16). The fourth-order valence-corrected chi connectivity index (χ4v) is 1.93. The number of hydrogen-bond acceptors (Lipinski definition) is 4. The van der Waals surface area contributed by atoms with Gasteiger partial charge in [-0.3, -0.25) is 9.78 Å². The number of aromatic nitrogens is 2. The first kappa shape index (κ1) is 12.0. The molecule has 0 spiro atoms. The molecule has 1 aromatic rings. The van der Waals surface area contributed by atoms with Crippen LogP contribution in [0.4, 0.5) is 0 Å². The van der Waals surface area contributed by atoms with Crippen LogP contribution >= 0.6 is 0 Å². The second kappa shape index (κ2) is 6.30. The maximum absolute atomic E-state index is 11.6. The highest BCUT2D eigenvalue weighted by atomic mass is 16.5. The van der Waals surface area contributed by atoms with Crippen LogP contribution < -0.4 is 5.32 Å². The maximum atomic E-state index is 11.6. The third-order valence-electron chi connectivity index (χ3n) is 2.97. The highest BCUT2D eigenvalue weighted by Crippen LogP contribution is 2.17. The van der Waals surface area contributed by atoms with Crippen LogP contribution in [0.5, 0.6) is 0 Å². The Hall–Kier alpha value is -1.49. The monoisotopic (exact) mass is 235 g/mol. The molecule has 1 aromatic heterocycles. The average Bonchev–Trinajstić information content (AvgIpc) is 2.41. The molecule has 1 fully saturated rings. The first-order valence-electron chi connectivity index (χ1n) is 5.98. The highest BCUT2D eigenvalue weighted by Gasteiger charge is 2.14. The number of nitrogens with zero attached hydrogens (tertiary/aromatic N) is 2. The van der Waals surface area contributed by atoms with E-state index in [0.29, 0.717) is 18.2 Å². The number of hydrogen-bond donors (Lipinski definition) is 1. The average molecular weight is 235 g/mol. The number of rotatable bonds is 4. The molecule has 17 heavy (non-hydrogen) atoms. The molecule has 2 rings (SSSR count). The van der Waals surface area contributed by atoms with Gasteiger partial charge in [0, 0.05) is 32.2 Å². The van der Waals surface area contributed by atoms with Gasteiger partial charge in [0.15, 0.2) is 0 Å². The van der Waals surface area contributed by atoms with Crippen molar-refractivity contribution in [3.63, 3.8) is 0 Å². The molecule has 0 aliphatic carbocycles. The smallest absolute Gasteiger partial charge is 0.271 e. The molecule has 1 aliphatic heterocycles. The zero-order valence-corrected chi connectivity index (χ0v) is 9.76. The molecule has 0 aromatic carbocycles. The van der Waals surface area contributed by atoms with Crippen molar-refractivity contribution in [1.82, 2.24) is 15.3 Å². The number of carbonyl (C=O) groups excluding carboxylic acids is 1. The Morgan fingerprint density at radius 3 is 2.94 bits per heavy atom. The molecule has 5 heteroatoms. The van der Waals surface area contributed by atoms with Crippen molar-refractivity contribution in [3.05, 3.63) is 24.3 Å². The predicted molar refractivity (Wildman–Crippen MR) is 62.5 cm³/mol. The zero-order chi connectivity index (χ0) is 11.9. The summed E-state index contributed by atoms with van der Waals surface area (Å²) in [6, 6.07) is 0. The topological polar surface area (TPSA) is 64.1 Å². The molecule has 1 saturated heterocycles. The second-order valence-electron chi connectivity index (χ2n) is 4.19. The summed E-state index contributed by atoms with van der Waals surface area (Å²) in [7, 11) is 0. The van der Waals surface area contributed by atoms with E-state index in [1.807, 2.05) is 0 Å². The second-order valence-corrected chi connectivity index (χ2v) is 4.19. The van der Waals surface area contributed by atoms with Gasteiger partial charge in [0.2, 0.25) is 0 Å². The molecule has 2 heterocycles. The van der Waals surface area contributed by atoms with Gasteiger partial charge in [0.05, 0.1) is 6.20 Å². The van der Waals surface area contributed by atoms with E-state index in [1.165, 1.54) is 12.4 Å². The van der Waals surface area contributed by atoms with Crippen LogP contribution in [-0.2, 0) is 4.74 Å². The number of carbonyl (C=O) groups is 1. The van der Waals surface area contributed by atoms with E-state index in [1.54, 1.807) is 6.20 Å². The summed E-state index contributed by atoms with van der Waals surface area (Å²) >= 11 is 0. The molecule has 0 radical (unpaired) electrons. The van der Waals surface area contributed by atoms with Crippen molar-refractivity contribution >= 4 is 5.91 Å². The van der Waals surface area contributed by atoms with Crippen molar-refractivity contribution in [1.29, 1.82) is 0 Å². The summed E-state index contributed by atoms with van der Waals surface area (Å²) in [6.45, 7) is 2.39. The Balaban J connectivity index is 1.69.